The summed E-state index contributed by atoms with van der Waals surface area (Å²) in [5.74, 6) is -4.48. The Labute approximate surface area is 698 Å². The molecule has 572 valence electrons. The second-order valence-corrected chi connectivity index (χ2v) is 35.3. The Morgan fingerprint density at radius 3 is 0.554 bits per heavy atom. The number of hydrogen-bond acceptors (Lipinski definition) is 5. The smallest absolute Gasteiger partial charge is 0.307 e. The van der Waals surface area contributed by atoms with Gasteiger partial charge < -0.3 is 25.5 Å². The standard InChI is InChI=1S/C110H65ClO10/c111-110-103-101-102-104(110)108(74-37-27-69(28-38-74)64-17-7-59(8-18-64)54-89(118)119)96-81-46-44-79-77-42-41-76-78-43-45-80-82-47-49-84-85-50-48-83(81)98(108)100(85)109(110,75-39-29-70(30-40-75)65-19-9-60(10-20-65)55-90(120)121)99(84)97(82)107(103,73-35-25-68(26-36-73)63-15-5-58(6-16-63)53-88(116)117)95(80)93(78)105(101,71-31-21-66(22-32-71)61-11-1-56(2-12-61)51-86(112)113)91(76)92(77)106(102,94(79)96)72-33-23-67(24-34-72)62-13-3-57(4-14-62)52-87(114)115/h1-50H,51-55H2,(H,112,113)(H,114,115)(H,116,117)(H,118,119)(H,120,121)/t105-,106+,107-,108+,109-,110-. The van der Waals surface area contributed by atoms with Crippen molar-refractivity contribution in [2.75, 3.05) is 0 Å². The van der Waals surface area contributed by atoms with E-state index >= 15 is 0 Å². The van der Waals surface area contributed by atoms with E-state index in [2.05, 4.69) is 182 Å². The topological polar surface area (TPSA) is 186 Å². The average molecular weight is 1580 g/mol. The lowest BCUT2D eigenvalue weighted by Gasteiger charge is -2.64. The molecule has 0 amide bonds. The minimum atomic E-state index is -1.57. The third-order valence-electron chi connectivity index (χ3n) is 29.5. The molecule has 0 saturated carbocycles. The Balaban J connectivity index is 0.857. The van der Waals surface area contributed by atoms with Crippen molar-refractivity contribution in [3.8, 4) is 111 Å². The molecule has 0 fully saturated rings. The number of aliphatic carboxylic acids is 5. The number of carboxylic acid groups (broad SMARTS) is 5. The number of carboxylic acids is 5. The van der Waals surface area contributed by atoms with Crippen LogP contribution in [0.3, 0.4) is 0 Å². The van der Waals surface area contributed by atoms with Crippen molar-refractivity contribution in [2.24, 2.45) is 0 Å². The van der Waals surface area contributed by atoms with Crippen molar-refractivity contribution < 1.29 is 49.5 Å². The second-order valence-electron chi connectivity index (χ2n) is 34.7. The highest BCUT2D eigenvalue weighted by Gasteiger charge is 2.87. The summed E-state index contributed by atoms with van der Waals surface area (Å²) in [5, 5.41) is 49.8. The first kappa shape index (κ1) is 68.5. The van der Waals surface area contributed by atoms with E-state index in [0.717, 1.165) is 150 Å². The molecule has 26 rings (SSSR count). The monoisotopic (exact) mass is 1580 g/mol. The van der Waals surface area contributed by atoms with Crippen molar-refractivity contribution in [2.45, 2.75) is 64.1 Å². The lowest BCUT2D eigenvalue weighted by Crippen LogP contribution is -2.65. The van der Waals surface area contributed by atoms with E-state index in [1.807, 2.05) is 121 Å². The normalized spacial score (nSPS) is 21.4. The van der Waals surface area contributed by atoms with Crippen molar-refractivity contribution >= 4 is 41.4 Å². The van der Waals surface area contributed by atoms with Crippen LogP contribution in [-0.2, 0) is 83.2 Å². The molecule has 0 aromatic heterocycles. The summed E-state index contributed by atoms with van der Waals surface area (Å²) in [7, 11) is 0. The van der Waals surface area contributed by atoms with Gasteiger partial charge in [-0.25, -0.2) is 0 Å². The second kappa shape index (κ2) is 23.0. The van der Waals surface area contributed by atoms with Gasteiger partial charge in [-0.05, 0) is 245 Å². The molecule has 5 N–H and O–H groups in total. The molecule has 15 aromatic rings. The Hall–Kier alpha value is -14.6. The summed E-state index contributed by atoms with van der Waals surface area (Å²) < 4.78 is 0. The first-order valence-electron chi connectivity index (χ1n) is 41.1. The van der Waals surface area contributed by atoms with Crippen LogP contribution in [0.15, 0.2) is 326 Å². The van der Waals surface area contributed by atoms with Crippen molar-refractivity contribution in [1.29, 1.82) is 0 Å². The Morgan fingerprint density at radius 1 is 0.198 bits per heavy atom. The molecule has 0 heterocycles. The summed E-state index contributed by atoms with van der Waals surface area (Å²) in [6.45, 7) is 0. The van der Waals surface area contributed by atoms with Crippen LogP contribution in [0.4, 0.5) is 0 Å². The molecule has 0 unspecified atom stereocenters. The van der Waals surface area contributed by atoms with Gasteiger partial charge >= 0.3 is 29.8 Å². The fourth-order valence-corrected chi connectivity index (χ4v) is 26.4. The van der Waals surface area contributed by atoms with Crippen molar-refractivity contribution in [3.63, 3.8) is 0 Å². The van der Waals surface area contributed by atoms with Crippen LogP contribution in [-0.4, -0.2) is 60.3 Å². The highest BCUT2D eigenvalue weighted by molar-refractivity contribution is 6.35. The third kappa shape index (κ3) is 7.92. The molecule has 0 spiro atoms. The van der Waals surface area contributed by atoms with Gasteiger partial charge in [0.2, 0.25) is 0 Å². The Morgan fingerprint density at radius 2 is 0.355 bits per heavy atom. The maximum atomic E-state index is 12.1. The van der Waals surface area contributed by atoms with Crippen LogP contribution in [0.2, 0.25) is 0 Å². The fourth-order valence-electron chi connectivity index (χ4n) is 25.6. The van der Waals surface area contributed by atoms with Crippen LogP contribution >= 0.6 is 11.6 Å². The van der Waals surface area contributed by atoms with Gasteiger partial charge in [0.15, 0.2) is 0 Å². The number of alkyl halides is 1. The SMILES string of the molecule is O=C(O)Cc1ccc(-c2ccc([C@]34C5=C6[C@]7(c8ccc(-c9ccc(CC(=O)O)cc9)cc8)c8c9ccc(c83)-c3ccc8c(c34)[C@]3(c4ccc(-c%10ccc(CC(=O)O)cc%10)cc4)C5=C4[C@@]5(c%10ccc(-c%11ccc(CC(=O)O)cc%11)cc%10)c%10c(ccc-8c%103)-c3ccc8c(c35)[C@@](c3ccc(-c5ccc(CC(=O)O)cc5)cc3)(c3c-8ccc-9c37)[C@@]64Cl)cc2)cc1. The summed E-state index contributed by atoms with van der Waals surface area (Å²) >= 11 is 10.9. The van der Waals surface area contributed by atoms with E-state index < -0.39 is 61.8 Å². The van der Waals surface area contributed by atoms with Crippen LogP contribution in [0.25, 0.3) is 111 Å². The van der Waals surface area contributed by atoms with Crippen LogP contribution in [0, 0.1) is 0 Å². The van der Waals surface area contributed by atoms with Gasteiger partial charge in [-0.1, -0.05) is 303 Å². The van der Waals surface area contributed by atoms with E-state index in [9.17, 15) is 61.1 Å². The minimum absolute atomic E-state index is 0.0953. The first-order chi connectivity index (χ1) is 58.9. The first-order valence-corrected chi connectivity index (χ1v) is 41.5. The number of allylic oxidation sites excluding steroid dienone is 4. The summed E-state index contributed by atoms with van der Waals surface area (Å²) in [4.78, 5) is 59.1. The van der Waals surface area contributed by atoms with Crippen molar-refractivity contribution in [3.05, 3.63) is 437 Å². The molecule has 6 atom stereocenters. The van der Waals surface area contributed by atoms with E-state index in [-0.39, 0.29) is 32.1 Å². The molecule has 11 aliphatic carbocycles. The molecule has 121 heavy (non-hydrogen) atoms. The van der Waals surface area contributed by atoms with Crippen LogP contribution < -0.4 is 0 Å². The van der Waals surface area contributed by atoms with Crippen molar-refractivity contribution in [1.82, 2.24) is 0 Å². The molecule has 0 bridgehead atoms. The van der Waals surface area contributed by atoms with E-state index in [1.54, 1.807) is 0 Å². The summed E-state index contributed by atoms with van der Waals surface area (Å²) in [5.41, 5.74) is 40.8. The molecule has 10 nitrogen and oxygen atoms in total. The van der Waals surface area contributed by atoms with Gasteiger partial charge in [-0.3, -0.25) is 24.0 Å². The zero-order valence-electron chi connectivity index (χ0n) is 64.6. The lowest BCUT2D eigenvalue weighted by atomic mass is 9.40. The molecule has 0 aliphatic heterocycles. The van der Waals surface area contributed by atoms with Gasteiger partial charge in [0.25, 0.3) is 0 Å². The maximum Gasteiger partial charge on any atom is 0.307 e. The highest BCUT2D eigenvalue weighted by Crippen LogP contribution is 2.92. The van der Waals surface area contributed by atoms with Gasteiger partial charge in [0.05, 0.1) is 59.2 Å². The number of carbonyl (C=O) groups is 5. The molecular formula is C110H65ClO10. The number of halogens is 1. The summed E-state index contributed by atoms with van der Waals surface area (Å²) in [6.07, 6.45) is -0.484. The highest BCUT2D eigenvalue weighted by atomic mass is 35.5. The van der Waals surface area contributed by atoms with Crippen LogP contribution in [0.1, 0.15) is 111 Å². The van der Waals surface area contributed by atoms with E-state index in [0.29, 0.717) is 27.8 Å². The van der Waals surface area contributed by atoms with Crippen LogP contribution in [0.5, 0.6) is 0 Å². The zero-order chi connectivity index (χ0) is 81.2. The predicted molar refractivity (Wildman–Crippen MR) is 465 cm³/mol. The van der Waals surface area contributed by atoms with Gasteiger partial charge in [0, 0.05) is 0 Å². The number of fused-ring (bicyclic) bond motifs is 5. The van der Waals surface area contributed by atoms with Gasteiger partial charge in [-0.2, -0.15) is 0 Å². The predicted octanol–water partition coefficient (Wildman–Crippen LogP) is 21.7. The molecule has 11 heteroatoms. The molecule has 0 radical (unpaired) electrons. The number of hydrogen-bond donors (Lipinski definition) is 5. The lowest BCUT2D eigenvalue weighted by molar-refractivity contribution is -0.137. The molecule has 0 saturated heterocycles. The van der Waals surface area contributed by atoms with E-state index in [4.69, 9.17) is 0 Å². The maximum absolute atomic E-state index is 12.1. The third-order valence-corrected chi connectivity index (χ3v) is 30.1. The van der Waals surface area contributed by atoms with E-state index in [1.165, 1.54) is 66.8 Å². The minimum Gasteiger partial charge on any atom is -0.481 e. The number of rotatable bonds is 20. The quantitative estimate of drug-likeness (QED) is 0.0460. The van der Waals surface area contributed by atoms with Gasteiger partial charge in [0.1, 0.15) is 4.87 Å². The number of benzene rings is 15. The fraction of sp³-hybridized carbons (Fsp3) is 0.100. The Kier molecular flexibility index (Phi) is 13.0. The summed E-state index contributed by atoms with van der Waals surface area (Å²) in [6, 6.07) is 110. The molecule has 15 aromatic carbocycles. The molecule has 11 aliphatic rings. The Bertz CT molecular complexity index is 7110. The average Bonchev–Trinajstić information content (AvgIpc) is 1.39. The zero-order valence-corrected chi connectivity index (χ0v) is 65.3. The van der Waals surface area contributed by atoms with Gasteiger partial charge in [-0.15, -0.1) is 11.6 Å². The molecular weight excluding hydrogens is 1520 g/mol. The largest absolute Gasteiger partial charge is 0.481 e.